The SMILES string of the molecule is C[C@@]12CCCN1C(=O)[C@H](Cc1ccc(O)cc1)NC(=O)[C@H](CC1=CN=CC1)CC(=O)[C@H](CC(=O)O)NC(=O)[C@H](Cc1c[nH]c3cc(F)ccc13)CC(=O)[C@H](Cc1c[nH]c3ccc(F)cc13)NC(=O)CNC(=O)CCCCCNC(=O)c1ccc(cc1)C[C@@H](C(N)=O)NC2=O. The standard InChI is InChI=1S/C68H75F2N11O13/c1-68-20-5-23-81(68)66(93)56(26-39-9-15-48(82)16-10-39)79-64(91)42(24-40-19-22-72-34-40)29-58(84)54(33-61(87)88)78-65(92)43(27-44-35-75-52-32-47(70)13-17-49(44)52)30-57(83)53(28-45-36-74-51-18-14-46(69)31-50(45)51)77-60(86)37-76-59(85)6-3-2-4-21-73-63(90)41-11-7-38(8-12-41)25-55(62(71)89)80-67(68)94/h7-18,22,31-32,34-36,42-43,53-56,74-75,82H,2-6,19-21,23-30,33,37H2,1H3,(H2,71,89)(H,73,90)(H,76,85)(H,77,86)(H,78,92)(H,79,91)(H,80,94)(H,87,88)/t42-,43-,53+,54+,55+,56+,68+/m1/s1. The Kier molecular flexibility index (Phi) is 22.3. The van der Waals surface area contributed by atoms with E-state index in [1.54, 1.807) is 30.5 Å². The van der Waals surface area contributed by atoms with Gasteiger partial charge in [-0.05, 0) is 134 Å². The third kappa shape index (κ3) is 17.6. The number of aromatic nitrogens is 2. The van der Waals surface area contributed by atoms with Crippen molar-refractivity contribution in [1.29, 1.82) is 0 Å². The smallest absolute Gasteiger partial charge is 0.305 e. The minimum Gasteiger partial charge on any atom is -0.508 e. The second-order valence-corrected chi connectivity index (χ2v) is 24.4. The maximum atomic E-state index is 15.2. The van der Waals surface area contributed by atoms with Crippen molar-refractivity contribution < 1.29 is 71.7 Å². The first-order valence-electron chi connectivity index (χ1n) is 31.2. The number of fused-ring (bicyclic) bond motifs is 32. The average molecular weight is 1290 g/mol. The number of phenols is 1. The van der Waals surface area contributed by atoms with Crippen LogP contribution in [-0.4, -0.2) is 145 Å². The Morgan fingerprint density at radius 2 is 1.34 bits per heavy atom. The number of halogens is 2. The van der Waals surface area contributed by atoms with Crippen LogP contribution in [0.3, 0.4) is 0 Å². The molecule has 0 aliphatic carbocycles. The van der Waals surface area contributed by atoms with Gasteiger partial charge in [0, 0.05) is 122 Å². The lowest BCUT2D eigenvalue weighted by Crippen LogP contribution is -2.62. The number of aromatic amines is 2. The summed E-state index contributed by atoms with van der Waals surface area (Å²) in [5.41, 5.74) is 7.78. The van der Waals surface area contributed by atoms with Crippen molar-refractivity contribution in [3.63, 3.8) is 0 Å². The number of nitrogens with zero attached hydrogens (tertiary/aromatic N) is 2. The van der Waals surface area contributed by atoms with Gasteiger partial charge in [0.15, 0.2) is 11.6 Å². The highest BCUT2D eigenvalue weighted by Gasteiger charge is 2.48. The molecule has 7 atom stereocenters. The number of aromatic hydroxyl groups is 1. The molecule has 0 unspecified atom stereocenters. The number of carboxylic acid groups (broad SMARTS) is 1. The number of nitrogens with one attached hydrogen (secondary N) is 8. The number of carboxylic acids is 1. The number of rotatable bonds is 11. The van der Waals surface area contributed by atoms with Crippen LogP contribution in [0.5, 0.6) is 5.75 Å². The molecule has 12 N–H and O–H groups in total. The van der Waals surface area contributed by atoms with Crippen LogP contribution in [-0.2, 0) is 73.6 Å². The fourth-order valence-electron chi connectivity index (χ4n) is 12.3. The summed E-state index contributed by atoms with van der Waals surface area (Å²) in [4.78, 5) is 167. The van der Waals surface area contributed by atoms with Gasteiger partial charge in [-0.1, -0.05) is 30.7 Å². The number of aliphatic imine (C=N–C) groups is 1. The van der Waals surface area contributed by atoms with Crippen LogP contribution in [0.25, 0.3) is 21.8 Å². The van der Waals surface area contributed by atoms with E-state index >= 15 is 14.4 Å². The maximum Gasteiger partial charge on any atom is 0.305 e. The summed E-state index contributed by atoms with van der Waals surface area (Å²) in [7, 11) is 0. The zero-order valence-electron chi connectivity index (χ0n) is 51.7. The Balaban J connectivity index is 1.05. The third-order valence-corrected chi connectivity index (χ3v) is 17.5. The quantitative estimate of drug-likeness (QED) is 0.0852. The molecule has 4 aliphatic heterocycles. The molecule has 10 rings (SSSR count). The summed E-state index contributed by atoms with van der Waals surface area (Å²) in [6.45, 7) is 1.22. The molecule has 0 radical (unpaired) electrons. The number of H-pyrrole nitrogens is 2. The summed E-state index contributed by atoms with van der Waals surface area (Å²) in [5, 5.41) is 37.5. The molecule has 1 fully saturated rings. The first-order valence-corrected chi connectivity index (χ1v) is 31.2. The third-order valence-electron chi connectivity index (χ3n) is 17.5. The van der Waals surface area contributed by atoms with E-state index in [1.807, 2.05) is 0 Å². The summed E-state index contributed by atoms with van der Waals surface area (Å²) < 4.78 is 29.2. The second-order valence-electron chi connectivity index (χ2n) is 24.4. The predicted molar refractivity (Wildman–Crippen MR) is 340 cm³/mol. The second kappa shape index (κ2) is 30.8. The van der Waals surface area contributed by atoms with Gasteiger partial charge in [0.25, 0.3) is 5.91 Å². The lowest BCUT2D eigenvalue weighted by molar-refractivity contribution is -0.147. The van der Waals surface area contributed by atoms with Crippen LogP contribution in [0.4, 0.5) is 8.78 Å². The maximum absolute atomic E-state index is 15.2. The highest BCUT2D eigenvalue weighted by Crippen LogP contribution is 2.32. The molecule has 24 nitrogen and oxygen atoms in total. The average Bonchev–Trinajstić information content (AvgIpc) is 1.59. The Morgan fingerprint density at radius 1 is 0.670 bits per heavy atom. The number of nitrogens with two attached hydrogens (primary N) is 1. The normalized spacial score (nSPS) is 23.2. The van der Waals surface area contributed by atoms with E-state index in [-0.39, 0.29) is 70.2 Å². The monoisotopic (exact) mass is 1290 g/mol. The van der Waals surface area contributed by atoms with Gasteiger partial charge in [-0.2, -0.15) is 0 Å². The Hall–Kier alpha value is -10.4. The molecule has 6 heterocycles. The van der Waals surface area contributed by atoms with E-state index in [0.717, 1.165) is 0 Å². The van der Waals surface area contributed by atoms with Crippen LogP contribution < -0.4 is 37.6 Å². The van der Waals surface area contributed by atoms with Crippen LogP contribution in [0, 0.1) is 23.5 Å². The van der Waals surface area contributed by atoms with Gasteiger partial charge in [0.2, 0.25) is 41.4 Å². The van der Waals surface area contributed by atoms with Gasteiger partial charge in [-0.3, -0.25) is 57.7 Å². The fraction of sp³-hybridized carbons (Fsp3) is 0.382. The topological polar surface area (TPSA) is 374 Å². The number of benzene rings is 4. The molecule has 26 heteroatoms. The summed E-state index contributed by atoms with van der Waals surface area (Å²) >= 11 is 0. The van der Waals surface area contributed by atoms with Crippen molar-refractivity contribution in [3.05, 3.63) is 149 Å². The number of amides is 8. The first-order chi connectivity index (χ1) is 45.0. The van der Waals surface area contributed by atoms with Crippen LogP contribution >= 0.6 is 0 Å². The van der Waals surface area contributed by atoms with Crippen molar-refractivity contribution in [3.8, 4) is 5.75 Å². The Morgan fingerprint density at radius 3 is 2.04 bits per heavy atom. The van der Waals surface area contributed by atoms with Crippen LogP contribution in [0.2, 0.25) is 0 Å². The van der Waals surface area contributed by atoms with Crippen molar-refractivity contribution in [2.24, 2.45) is 22.6 Å². The molecule has 2 bridgehead atoms. The van der Waals surface area contributed by atoms with Crippen molar-refractivity contribution in [1.82, 2.24) is 46.8 Å². The van der Waals surface area contributed by atoms with Gasteiger partial charge in [0.05, 0.1) is 25.0 Å². The molecule has 2 aromatic heterocycles. The number of phenolic OH excluding ortho intramolecular Hbond substituents is 1. The van der Waals surface area contributed by atoms with Crippen molar-refractivity contribution in [2.75, 3.05) is 19.6 Å². The molecule has 94 heavy (non-hydrogen) atoms. The number of hydrogen-bond acceptors (Lipinski definition) is 13. The molecule has 4 aliphatic rings. The number of primary amides is 1. The Labute approximate surface area is 538 Å². The fourth-order valence-corrected chi connectivity index (χ4v) is 12.3. The highest BCUT2D eigenvalue weighted by atomic mass is 19.1. The minimum atomic E-state index is -1.84. The van der Waals surface area contributed by atoms with Crippen LogP contribution in [0.15, 0.2) is 114 Å². The molecular formula is C68H75F2N11O13. The van der Waals surface area contributed by atoms with E-state index in [2.05, 4.69) is 46.9 Å². The molecule has 8 amide bonds. The van der Waals surface area contributed by atoms with Gasteiger partial charge in [0.1, 0.15) is 35.0 Å². The molecule has 4 aromatic carbocycles. The molecule has 494 valence electrons. The molecule has 1 saturated heterocycles. The molecular weight excluding hydrogens is 1220 g/mol. The number of Topliss-reactive ketones (excluding diaryl/α,β-unsaturated/α-hetero) is 2. The summed E-state index contributed by atoms with van der Waals surface area (Å²) in [5.74, 6) is -13.1. The van der Waals surface area contributed by atoms with Gasteiger partial charge >= 0.3 is 5.97 Å². The number of allylic oxidation sites excluding steroid dienone is 1. The zero-order valence-corrected chi connectivity index (χ0v) is 51.7. The predicted octanol–water partition coefficient (Wildman–Crippen LogP) is 4.50. The summed E-state index contributed by atoms with van der Waals surface area (Å²) in [6.07, 6.45) is 4.82. The minimum absolute atomic E-state index is 0.000410. The first kappa shape index (κ1) is 68.0. The van der Waals surface area contributed by atoms with Gasteiger partial charge in [-0.25, -0.2) is 8.78 Å². The van der Waals surface area contributed by atoms with Crippen molar-refractivity contribution in [2.45, 2.75) is 133 Å². The highest BCUT2D eigenvalue weighted by molar-refractivity contribution is 6.00. The zero-order chi connectivity index (χ0) is 67.2. The van der Waals surface area contributed by atoms with E-state index in [1.165, 1.54) is 91.1 Å². The van der Waals surface area contributed by atoms with Gasteiger partial charge < -0.3 is 62.7 Å². The molecule has 0 saturated carbocycles. The summed E-state index contributed by atoms with van der Waals surface area (Å²) in [6, 6.07) is 13.9. The Bertz CT molecular complexity index is 3940. The van der Waals surface area contributed by atoms with Crippen molar-refractivity contribution >= 4 is 92.8 Å². The van der Waals surface area contributed by atoms with Gasteiger partial charge in [-0.15, -0.1) is 0 Å². The largest absolute Gasteiger partial charge is 0.508 e. The van der Waals surface area contributed by atoms with E-state index < -0.39 is 144 Å². The molecule has 0 spiro atoms. The van der Waals surface area contributed by atoms with Crippen LogP contribution in [0.1, 0.15) is 110 Å². The van der Waals surface area contributed by atoms with E-state index in [9.17, 15) is 57.4 Å². The lowest BCUT2D eigenvalue weighted by atomic mass is 9.87. The number of carbonyl (C=O) groups is 11. The molecule has 6 aromatic rings. The lowest BCUT2D eigenvalue weighted by Gasteiger charge is -2.37. The van der Waals surface area contributed by atoms with E-state index in [4.69, 9.17) is 5.73 Å². The number of carbonyl (C=O) groups excluding carboxylic acids is 10. The number of hydrogen-bond donors (Lipinski definition) is 11. The number of ketones is 2. The van der Waals surface area contributed by atoms with E-state index in [0.29, 0.717) is 80.9 Å². The number of aliphatic carboxylic acids is 1.